The molecule has 0 atom stereocenters. The summed E-state index contributed by atoms with van der Waals surface area (Å²) in [5.74, 6) is 1.48. The molecule has 0 aliphatic carbocycles. The van der Waals surface area contributed by atoms with E-state index >= 15 is 0 Å². The van der Waals surface area contributed by atoms with E-state index < -0.39 is 0 Å². The van der Waals surface area contributed by atoms with Crippen LogP contribution in [0.4, 0.5) is 0 Å². The Kier molecular flexibility index (Phi) is 4.72. The lowest BCUT2D eigenvalue weighted by Crippen LogP contribution is -1.98. The molecule has 8 rings (SSSR count). The summed E-state index contributed by atoms with van der Waals surface area (Å²) in [4.78, 5) is 13.8. The average Bonchev–Trinajstić information content (AvgIpc) is 3.52. The molecule has 0 N–H and O–H groups in total. The first-order valence-electron chi connectivity index (χ1n) is 12.8. The Hall–Kier alpha value is -5.49. The zero-order valence-corrected chi connectivity index (χ0v) is 20.8. The molecule has 6 heteroatoms. The molecule has 4 aromatic heterocycles. The maximum Gasteiger partial charge on any atom is 0.140 e. The first kappa shape index (κ1) is 21.6. The molecule has 8 aromatic rings. The number of nitrogens with zero attached hydrogens (tertiary/aromatic N) is 5. The van der Waals surface area contributed by atoms with Crippen molar-refractivity contribution < 1.29 is 4.74 Å². The summed E-state index contributed by atoms with van der Waals surface area (Å²) < 4.78 is 10.8. The predicted molar refractivity (Wildman–Crippen MR) is 155 cm³/mol. The third-order valence-electron chi connectivity index (χ3n) is 7.13. The van der Waals surface area contributed by atoms with Crippen LogP contribution >= 0.6 is 0 Å². The molecular formula is C33H21N5O. The minimum absolute atomic E-state index is 0.716. The fourth-order valence-electron chi connectivity index (χ4n) is 5.39. The zero-order valence-electron chi connectivity index (χ0n) is 20.8. The van der Waals surface area contributed by atoms with Crippen molar-refractivity contribution >= 4 is 38.5 Å². The van der Waals surface area contributed by atoms with E-state index in [2.05, 4.69) is 85.8 Å². The maximum atomic E-state index is 6.31. The zero-order chi connectivity index (χ0) is 25.8. The van der Waals surface area contributed by atoms with Crippen molar-refractivity contribution in [2.24, 2.45) is 0 Å². The van der Waals surface area contributed by atoms with Crippen LogP contribution in [0.25, 0.3) is 55.4 Å². The van der Waals surface area contributed by atoms with E-state index in [0.29, 0.717) is 5.75 Å². The summed E-state index contributed by atoms with van der Waals surface area (Å²) in [5, 5.41) is 2.34. The second-order valence-corrected chi connectivity index (χ2v) is 9.44. The van der Waals surface area contributed by atoms with Gasteiger partial charge >= 0.3 is 0 Å². The van der Waals surface area contributed by atoms with Crippen LogP contribution in [0.3, 0.4) is 0 Å². The lowest BCUT2D eigenvalue weighted by molar-refractivity contribution is 0.484. The second kappa shape index (κ2) is 8.53. The van der Waals surface area contributed by atoms with E-state index in [1.807, 2.05) is 42.5 Å². The van der Waals surface area contributed by atoms with Crippen LogP contribution < -0.4 is 4.74 Å². The van der Waals surface area contributed by atoms with Gasteiger partial charge in [0, 0.05) is 46.7 Å². The van der Waals surface area contributed by atoms with Gasteiger partial charge in [0.15, 0.2) is 0 Å². The molecule has 0 fully saturated rings. The molecule has 0 amide bonds. The molecule has 0 spiro atoms. The molecule has 0 unspecified atom stereocenters. The Bertz CT molecular complexity index is 2150. The number of hydrogen-bond donors (Lipinski definition) is 0. The monoisotopic (exact) mass is 503 g/mol. The summed E-state index contributed by atoms with van der Waals surface area (Å²) in [6.07, 6.45) is 7.35. The number of hydrogen-bond acceptors (Lipinski definition) is 4. The van der Waals surface area contributed by atoms with Gasteiger partial charge in [-0.25, -0.2) is 4.98 Å². The fourth-order valence-corrected chi connectivity index (χ4v) is 5.39. The summed E-state index contributed by atoms with van der Waals surface area (Å²) in [6.45, 7) is 0. The predicted octanol–water partition coefficient (Wildman–Crippen LogP) is 7.83. The average molecular weight is 504 g/mol. The van der Waals surface area contributed by atoms with Gasteiger partial charge in [0.2, 0.25) is 0 Å². The Morgan fingerprint density at radius 2 is 1.49 bits per heavy atom. The van der Waals surface area contributed by atoms with E-state index in [1.54, 1.807) is 18.6 Å². The fraction of sp³-hybridized carbons (Fsp3) is 0. The number of ether oxygens (including phenoxy) is 1. The van der Waals surface area contributed by atoms with Crippen molar-refractivity contribution in [1.82, 2.24) is 23.9 Å². The smallest absolute Gasteiger partial charge is 0.140 e. The maximum absolute atomic E-state index is 6.31. The molecule has 4 heterocycles. The third-order valence-corrected chi connectivity index (χ3v) is 7.13. The quantitative estimate of drug-likeness (QED) is 0.246. The molecule has 0 saturated heterocycles. The van der Waals surface area contributed by atoms with Crippen molar-refractivity contribution in [2.75, 3.05) is 0 Å². The number of imidazole rings is 1. The highest BCUT2D eigenvalue weighted by atomic mass is 16.5. The molecule has 0 radical (unpaired) electrons. The first-order valence-corrected chi connectivity index (χ1v) is 12.8. The van der Waals surface area contributed by atoms with Crippen molar-refractivity contribution in [3.63, 3.8) is 0 Å². The lowest BCUT2D eigenvalue weighted by Gasteiger charge is -2.14. The summed E-state index contributed by atoms with van der Waals surface area (Å²) in [7, 11) is 0. The molecule has 0 saturated carbocycles. The highest BCUT2D eigenvalue weighted by Crippen LogP contribution is 2.38. The van der Waals surface area contributed by atoms with Gasteiger partial charge in [-0.3, -0.25) is 14.4 Å². The summed E-state index contributed by atoms with van der Waals surface area (Å²) >= 11 is 0. The SMILES string of the molecule is c1ccc(Oc2ccc(-n3c4ccccc4c4cn5c(cc43)nc3ccccc35)cc2-c2cnccn2)cc1. The van der Waals surface area contributed by atoms with Crippen molar-refractivity contribution in [3.05, 3.63) is 128 Å². The number of rotatable bonds is 4. The largest absolute Gasteiger partial charge is 0.457 e. The van der Waals surface area contributed by atoms with Gasteiger partial charge in [-0.15, -0.1) is 0 Å². The summed E-state index contributed by atoms with van der Waals surface area (Å²) in [6, 6.07) is 34.9. The number of pyridine rings is 1. The molecule has 0 aliphatic heterocycles. The van der Waals surface area contributed by atoms with Crippen LogP contribution in [0.1, 0.15) is 0 Å². The minimum atomic E-state index is 0.716. The van der Waals surface area contributed by atoms with Gasteiger partial charge in [-0.2, -0.15) is 0 Å². The third kappa shape index (κ3) is 3.46. The van der Waals surface area contributed by atoms with Crippen molar-refractivity contribution in [1.29, 1.82) is 0 Å². The van der Waals surface area contributed by atoms with E-state index in [9.17, 15) is 0 Å². The van der Waals surface area contributed by atoms with Crippen LogP contribution in [0.2, 0.25) is 0 Å². The standard InChI is InChI=1S/C33H21N5O/c1-2-8-23(9-3-1)39-32-15-14-22(18-25(32)28-20-34-16-17-35-28)38-29-12-6-4-10-24(29)26-21-37-30-13-7-5-11-27(30)36-33(37)19-31(26)38/h1-21H. The summed E-state index contributed by atoms with van der Waals surface area (Å²) in [5.41, 5.74) is 7.80. The Morgan fingerprint density at radius 1 is 0.667 bits per heavy atom. The van der Waals surface area contributed by atoms with Crippen molar-refractivity contribution in [3.8, 4) is 28.4 Å². The molecule has 184 valence electrons. The molecule has 6 nitrogen and oxygen atoms in total. The topological polar surface area (TPSA) is 57.2 Å². The van der Waals surface area contributed by atoms with Gasteiger partial charge in [0.25, 0.3) is 0 Å². The molecule has 39 heavy (non-hydrogen) atoms. The van der Waals surface area contributed by atoms with Gasteiger partial charge in [0.1, 0.15) is 17.1 Å². The molecular weight excluding hydrogens is 482 g/mol. The Balaban J connectivity index is 1.40. The van der Waals surface area contributed by atoms with Crippen LogP contribution in [0.5, 0.6) is 11.5 Å². The highest BCUT2D eigenvalue weighted by Gasteiger charge is 2.17. The van der Waals surface area contributed by atoms with Gasteiger partial charge in [0.05, 0.1) is 34.0 Å². The van der Waals surface area contributed by atoms with Gasteiger partial charge in [-0.1, -0.05) is 48.5 Å². The second-order valence-electron chi connectivity index (χ2n) is 9.44. The van der Waals surface area contributed by atoms with Crippen LogP contribution in [-0.2, 0) is 0 Å². The van der Waals surface area contributed by atoms with E-state index in [4.69, 9.17) is 9.72 Å². The Labute approximate surface area is 223 Å². The van der Waals surface area contributed by atoms with Crippen LogP contribution in [-0.4, -0.2) is 23.9 Å². The van der Waals surface area contributed by atoms with Crippen LogP contribution in [0.15, 0.2) is 128 Å². The van der Waals surface area contributed by atoms with E-state index in [-0.39, 0.29) is 0 Å². The molecule has 0 aliphatic rings. The van der Waals surface area contributed by atoms with Gasteiger partial charge < -0.3 is 9.30 Å². The number of para-hydroxylation sites is 4. The first-order chi connectivity index (χ1) is 19.3. The van der Waals surface area contributed by atoms with Crippen LogP contribution in [0, 0.1) is 0 Å². The normalized spacial score (nSPS) is 11.6. The van der Waals surface area contributed by atoms with E-state index in [1.165, 1.54) is 5.39 Å². The van der Waals surface area contributed by atoms with Crippen molar-refractivity contribution in [2.45, 2.75) is 0 Å². The molecule has 4 aromatic carbocycles. The van der Waals surface area contributed by atoms with E-state index in [0.717, 1.165) is 55.8 Å². The highest BCUT2D eigenvalue weighted by molar-refractivity contribution is 6.10. The Morgan fingerprint density at radius 3 is 2.36 bits per heavy atom. The van der Waals surface area contributed by atoms with Gasteiger partial charge in [-0.05, 0) is 48.5 Å². The lowest BCUT2D eigenvalue weighted by atomic mass is 10.1. The minimum Gasteiger partial charge on any atom is -0.457 e. The number of benzene rings is 4. The molecule has 0 bridgehead atoms. The number of aromatic nitrogens is 5. The number of fused-ring (bicyclic) bond motifs is 6.